The zero-order valence-electron chi connectivity index (χ0n) is 12.3. The SMILES string of the molecule is CC(C)CC(C)Nc1cc(C(=O)N(C)C)ccc1Cl. The van der Waals surface area contributed by atoms with Crippen LogP contribution in [0.25, 0.3) is 0 Å². The third-order valence-corrected chi connectivity index (χ3v) is 3.18. The number of rotatable bonds is 5. The van der Waals surface area contributed by atoms with Crippen LogP contribution >= 0.6 is 11.6 Å². The molecule has 1 N–H and O–H groups in total. The molecule has 19 heavy (non-hydrogen) atoms. The summed E-state index contributed by atoms with van der Waals surface area (Å²) in [6.07, 6.45) is 1.06. The van der Waals surface area contributed by atoms with Gasteiger partial charge in [-0.3, -0.25) is 4.79 Å². The number of amides is 1. The number of hydrogen-bond acceptors (Lipinski definition) is 2. The summed E-state index contributed by atoms with van der Waals surface area (Å²) < 4.78 is 0. The van der Waals surface area contributed by atoms with E-state index in [1.54, 1.807) is 31.1 Å². The van der Waals surface area contributed by atoms with Gasteiger partial charge in [0.2, 0.25) is 0 Å². The standard InChI is InChI=1S/C15H23ClN2O/c1-10(2)8-11(3)17-14-9-12(6-7-13(14)16)15(19)18(4)5/h6-7,9-11,17H,8H2,1-5H3. The molecule has 1 unspecified atom stereocenters. The van der Waals surface area contributed by atoms with Gasteiger partial charge in [-0.05, 0) is 37.5 Å². The molecule has 0 fully saturated rings. The van der Waals surface area contributed by atoms with E-state index in [2.05, 4.69) is 26.1 Å². The first-order valence-corrected chi connectivity index (χ1v) is 6.96. The molecule has 0 heterocycles. The van der Waals surface area contributed by atoms with Gasteiger partial charge in [-0.15, -0.1) is 0 Å². The quantitative estimate of drug-likeness (QED) is 0.889. The normalized spacial score (nSPS) is 12.4. The lowest BCUT2D eigenvalue weighted by molar-refractivity contribution is 0.0827. The molecule has 1 aromatic rings. The van der Waals surface area contributed by atoms with Crippen molar-refractivity contribution in [2.45, 2.75) is 33.2 Å². The first-order chi connectivity index (χ1) is 8.81. The van der Waals surface area contributed by atoms with Gasteiger partial charge in [0, 0.05) is 25.7 Å². The van der Waals surface area contributed by atoms with Gasteiger partial charge in [-0.1, -0.05) is 25.4 Å². The Hall–Kier alpha value is -1.22. The molecule has 0 aliphatic rings. The lowest BCUT2D eigenvalue weighted by Gasteiger charge is -2.19. The number of anilines is 1. The van der Waals surface area contributed by atoms with E-state index in [9.17, 15) is 4.79 Å². The van der Waals surface area contributed by atoms with E-state index in [-0.39, 0.29) is 5.91 Å². The molecule has 0 aliphatic carbocycles. The maximum atomic E-state index is 11.9. The molecule has 106 valence electrons. The average molecular weight is 283 g/mol. The highest BCUT2D eigenvalue weighted by Gasteiger charge is 2.12. The van der Waals surface area contributed by atoms with Crippen LogP contribution in [0.4, 0.5) is 5.69 Å². The van der Waals surface area contributed by atoms with Gasteiger partial charge in [0.1, 0.15) is 0 Å². The van der Waals surface area contributed by atoms with Crippen LogP contribution in [-0.2, 0) is 0 Å². The van der Waals surface area contributed by atoms with E-state index in [0.29, 0.717) is 22.5 Å². The summed E-state index contributed by atoms with van der Waals surface area (Å²) in [6, 6.07) is 5.66. The maximum absolute atomic E-state index is 11.9. The molecule has 1 aromatic carbocycles. The highest BCUT2D eigenvalue weighted by Crippen LogP contribution is 2.25. The Morgan fingerprint density at radius 1 is 1.32 bits per heavy atom. The first-order valence-electron chi connectivity index (χ1n) is 6.59. The second kappa shape index (κ2) is 6.80. The summed E-state index contributed by atoms with van der Waals surface area (Å²) in [4.78, 5) is 13.5. The molecule has 0 radical (unpaired) electrons. The average Bonchev–Trinajstić information content (AvgIpc) is 2.29. The number of nitrogens with one attached hydrogen (secondary N) is 1. The van der Waals surface area contributed by atoms with Gasteiger partial charge in [-0.2, -0.15) is 0 Å². The van der Waals surface area contributed by atoms with Gasteiger partial charge >= 0.3 is 0 Å². The highest BCUT2D eigenvalue weighted by molar-refractivity contribution is 6.33. The van der Waals surface area contributed by atoms with Crippen molar-refractivity contribution in [3.05, 3.63) is 28.8 Å². The van der Waals surface area contributed by atoms with Crippen LogP contribution < -0.4 is 5.32 Å². The summed E-state index contributed by atoms with van der Waals surface area (Å²) in [5.41, 5.74) is 1.47. The molecule has 0 saturated heterocycles. The summed E-state index contributed by atoms with van der Waals surface area (Å²) in [5, 5.41) is 4.02. The van der Waals surface area contributed by atoms with Crippen LogP contribution in [-0.4, -0.2) is 30.9 Å². The van der Waals surface area contributed by atoms with E-state index in [0.717, 1.165) is 12.1 Å². The Labute approximate surface area is 120 Å². The number of carbonyl (C=O) groups is 1. The predicted octanol–water partition coefficient (Wildman–Crippen LogP) is 3.89. The lowest BCUT2D eigenvalue weighted by Crippen LogP contribution is -2.22. The smallest absolute Gasteiger partial charge is 0.253 e. The summed E-state index contributed by atoms with van der Waals surface area (Å²) in [6.45, 7) is 6.49. The third-order valence-electron chi connectivity index (χ3n) is 2.85. The van der Waals surface area contributed by atoms with Crippen molar-refractivity contribution in [2.75, 3.05) is 19.4 Å². The molecule has 4 heteroatoms. The van der Waals surface area contributed by atoms with Crippen molar-refractivity contribution >= 4 is 23.2 Å². The molecule has 1 atom stereocenters. The number of nitrogens with zero attached hydrogens (tertiary/aromatic N) is 1. The van der Waals surface area contributed by atoms with E-state index in [1.165, 1.54) is 0 Å². The van der Waals surface area contributed by atoms with Gasteiger partial charge in [0.25, 0.3) is 5.91 Å². The minimum absolute atomic E-state index is 0.0174. The fourth-order valence-corrected chi connectivity index (χ4v) is 2.23. The third kappa shape index (κ3) is 4.75. The number of halogens is 1. The van der Waals surface area contributed by atoms with E-state index < -0.39 is 0 Å². The van der Waals surface area contributed by atoms with Crippen LogP contribution in [0.3, 0.4) is 0 Å². The van der Waals surface area contributed by atoms with Crippen molar-refractivity contribution in [3.63, 3.8) is 0 Å². The van der Waals surface area contributed by atoms with Crippen molar-refractivity contribution in [2.24, 2.45) is 5.92 Å². The fourth-order valence-electron chi connectivity index (χ4n) is 2.06. The molecule has 3 nitrogen and oxygen atoms in total. The van der Waals surface area contributed by atoms with Gasteiger partial charge < -0.3 is 10.2 Å². The van der Waals surface area contributed by atoms with Crippen LogP contribution in [0.1, 0.15) is 37.6 Å². The largest absolute Gasteiger partial charge is 0.381 e. The Bertz CT molecular complexity index is 444. The summed E-state index contributed by atoms with van der Waals surface area (Å²) >= 11 is 6.17. The molecular weight excluding hydrogens is 260 g/mol. The Morgan fingerprint density at radius 2 is 1.95 bits per heavy atom. The van der Waals surface area contributed by atoms with E-state index in [1.807, 2.05) is 6.07 Å². The molecule has 0 aliphatic heterocycles. The summed E-state index contributed by atoms with van der Waals surface area (Å²) in [5.74, 6) is 0.601. The van der Waals surface area contributed by atoms with Crippen LogP contribution in [0.5, 0.6) is 0 Å². The molecular formula is C15H23ClN2O. The number of carbonyl (C=O) groups excluding carboxylic acids is 1. The minimum atomic E-state index is -0.0174. The fraction of sp³-hybridized carbons (Fsp3) is 0.533. The van der Waals surface area contributed by atoms with Crippen molar-refractivity contribution in [1.29, 1.82) is 0 Å². The Balaban J connectivity index is 2.88. The Kier molecular flexibility index (Phi) is 5.67. The summed E-state index contributed by atoms with van der Waals surface area (Å²) in [7, 11) is 3.48. The first kappa shape index (κ1) is 15.8. The second-order valence-electron chi connectivity index (χ2n) is 5.57. The molecule has 1 rings (SSSR count). The van der Waals surface area contributed by atoms with Crippen molar-refractivity contribution < 1.29 is 4.79 Å². The highest BCUT2D eigenvalue weighted by atomic mass is 35.5. The van der Waals surface area contributed by atoms with Gasteiger partial charge in [-0.25, -0.2) is 0 Å². The lowest BCUT2D eigenvalue weighted by atomic mass is 10.0. The van der Waals surface area contributed by atoms with Crippen LogP contribution in [0, 0.1) is 5.92 Å². The van der Waals surface area contributed by atoms with Crippen LogP contribution in [0.2, 0.25) is 5.02 Å². The zero-order valence-corrected chi connectivity index (χ0v) is 13.1. The van der Waals surface area contributed by atoms with E-state index >= 15 is 0 Å². The predicted molar refractivity (Wildman–Crippen MR) is 82.0 cm³/mol. The number of hydrogen-bond donors (Lipinski definition) is 1. The maximum Gasteiger partial charge on any atom is 0.253 e. The van der Waals surface area contributed by atoms with E-state index in [4.69, 9.17) is 11.6 Å². The zero-order chi connectivity index (χ0) is 14.6. The molecule has 0 bridgehead atoms. The van der Waals surface area contributed by atoms with Crippen molar-refractivity contribution in [1.82, 2.24) is 4.90 Å². The molecule has 0 spiro atoms. The van der Waals surface area contributed by atoms with Gasteiger partial charge in [0.15, 0.2) is 0 Å². The number of benzene rings is 1. The topological polar surface area (TPSA) is 32.3 Å². The van der Waals surface area contributed by atoms with Gasteiger partial charge in [0.05, 0.1) is 10.7 Å². The molecule has 1 amide bonds. The molecule has 0 aromatic heterocycles. The van der Waals surface area contributed by atoms with Crippen LogP contribution in [0.15, 0.2) is 18.2 Å². The Morgan fingerprint density at radius 3 is 2.47 bits per heavy atom. The molecule has 0 saturated carbocycles. The monoisotopic (exact) mass is 282 g/mol. The minimum Gasteiger partial charge on any atom is -0.381 e. The van der Waals surface area contributed by atoms with Crippen molar-refractivity contribution in [3.8, 4) is 0 Å². The second-order valence-corrected chi connectivity index (χ2v) is 5.98.